The molecule has 2 aromatic heterocycles. The second kappa shape index (κ2) is 11.2. The van der Waals surface area contributed by atoms with E-state index >= 15 is 0 Å². The number of pyridine rings is 1. The summed E-state index contributed by atoms with van der Waals surface area (Å²) in [4.78, 5) is 28.5. The van der Waals surface area contributed by atoms with Crippen molar-refractivity contribution in [3.63, 3.8) is 0 Å². The van der Waals surface area contributed by atoms with Gasteiger partial charge < -0.3 is 15.7 Å². The molecule has 3 aromatic carbocycles. The van der Waals surface area contributed by atoms with Gasteiger partial charge in [-0.25, -0.2) is 15.0 Å². The SMILES string of the molecule is CC(C)c1ccc2c(Nc3cc(C(=O)Nc4cccc(Br)c4)ccc3Sc3ccc(O)cc3)ncnc2n1. The Morgan fingerprint density at radius 1 is 0.974 bits per heavy atom. The lowest BCUT2D eigenvalue weighted by molar-refractivity contribution is 0.102. The first-order chi connectivity index (χ1) is 18.4. The van der Waals surface area contributed by atoms with Crippen LogP contribution in [0.5, 0.6) is 5.75 Å². The van der Waals surface area contributed by atoms with Crippen molar-refractivity contribution in [1.29, 1.82) is 0 Å². The van der Waals surface area contributed by atoms with Crippen molar-refractivity contribution in [1.82, 2.24) is 15.0 Å². The van der Waals surface area contributed by atoms with Gasteiger partial charge in [-0.2, -0.15) is 0 Å². The van der Waals surface area contributed by atoms with Crippen LogP contribution in [0.15, 0.2) is 99.5 Å². The number of amides is 1. The van der Waals surface area contributed by atoms with Crippen LogP contribution in [-0.2, 0) is 0 Å². The molecule has 0 aliphatic carbocycles. The topological polar surface area (TPSA) is 100 Å². The van der Waals surface area contributed by atoms with Crippen LogP contribution in [0.3, 0.4) is 0 Å². The van der Waals surface area contributed by atoms with E-state index in [0.717, 1.165) is 25.3 Å². The molecule has 3 N–H and O–H groups in total. The van der Waals surface area contributed by atoms with E-state index < -0.39 is 0 Å². The molecule has 5 rings (SSSR count). The lowest BCUT2D eigenvalue weighted by atomic mass is 10.1. The largest absolute Gasteiger partial charge is 0.508 e. The van der Waals surface area contributed by atoms with Crippen LogP contribution in [0.1, 0.15) is 35.8 Å². The summed E-state index contributed by atoms with van der Waals surface area (Å²) in [6, 6.07) is 23.9. The van der Waals surface area contributed by atoms with Gasteiger partial charge in [0.25, 0.3) is 5.91 Å². The van der Waals surface area contributed by atoms with Gasteiger partial charge in [-0.05, 0) is 78.7 Å². The van der Waals surface area contributed by atoms with E-state index in [1.807, 2.05) is 54.6 Å². The second-order valence-electron chi connectivity index (χ2n) is 8.88. The van der Waals surface area contributed by atoms with Crippen molar-refractivity contribution >= 4 is 61.8 Å². The van der Waals surface area contributed by atoms with Gasteiger partial charge in [0.2, 0.25) is 0 Å². The Hall–Kier alpha value is -3.95. The highest BCUT2D eigenvalue weighted by atomic mass is 79.9. The molecule has 0 radical (unpaired) electrons. The minimum atomic E-state index is -0.233. The third-order valence-corrected chi connectivity index (χ3v) is 7.33. The van der Waals surface area contributed by atoms with E-state index in [0.29, 0.717) is 28.4 Å². The minimum absolute atomic E-state index is 0.202. The number of carbonyl (C=O) groups is 1. The molecule has 0 spiro atoms. The number of benzene rings is 3. The number of phenols is 1. The van der Waals surface area contributed by atoms with Gasteiger partial charge in [0.1, 0.15) is 17.9 Å². The average molecular weight is 587 g/mol. The van der Waals surface area contributed by atoms with Gasteiger partial charge in [0.15, 0.2) is 5.65 Å². The van der Waals surface area contributed by atoms with Crippen LogP contribution < -0.4 is 10.6 Å². The fourth-order valence-corrected chi connectivity index (χ4v) is 5.06. The molecule has 0 bridgehead atoms. The summed E-state index contributed by atoms with van der Waals surface area (Å²) in [6.45, 7) is 4.18. The third-order valence-electron chi connectivity index (χ3n) is 5.75. The zero-order valence-corrected chi connectivity index (χ0v) is 23.0. The molecule has 0 unspecified atom stereocenters. The average Bonchev–Trinajstić information content (AvgIpc) is 2.90. The predicted octanol–water partition coefficient (Wildman–Crippen LogP) is 7.76. The molecule has 5 aromatic rings. The zero-order chi connectivity index (χ0) is 26.6. The molecule has 0 atom stereocenters. The Morgan fingerprint density at radius 3 is 2.55 bits per heavy atom. The number of carbonyl (C=O) groups excluding carboxylic acids is 1. The number of nitrogens with one attached hydrogen (secondary N) is 2. The molecular weight excluding hydrogens is 562 g/mol. The first kappa shape index (κ1) is 25.7. The maximum Gasteiger partial charge on any atom is 0.255 e. The smallest absolute Gasteiger partial charge is 0.255 e. The van der Waals surface area contributed by atoms with Crippen molar-refractivity contribution in [2.75, 3.05) is 10.6 Å². The van der Waals surface area contributed by atoms with E-state index in [2.05, 4.69) is 55.4 Å². The second-order valence-corrected chi connectivity index (χ2v) is 10.9. The summed E-state index contributed by atoms with van der Waals surface area (Å²) in [5.41, 5.74) is 3.44. The van der Waals surface area contributed by atoms with Crippen LogP contribution in [0.2, 0.25) is 0 Å². The van der Waals surface area contributed by atoms with Crippen LogP contribution >= 0.6 is 27.7 Å². The summed E-state index contributed by atoms with van der Waals surface area (Å²) >= 11 is 4.95. The van der Waals surface area contributed by atoms with Gasteiger partial charge in [-0.15, -0.1) is 0 Å². The molecule has 2 heterocycles. The maximum absolute atomic E-state index is 13.1. The van der Waals surface area contributed by atoms with Gasteiger partial charge in [0, 0.05) is 31.2 Å². The summed E-state index contributed by atoms with van der Waals surface area (Å²) < 4.78 is 0.878. The fourth-order valence-electron chi connectivity index (χ4n) is 3.77. The standard InChI is InChI=1S/C29H24BrN5O2S/c1-17(2)24-12-11-23-27(34-24)31-16-32-28(23)35-25-14-18(29(37)33-20-5-3-4-19(30)15-20)6-13-26(25)38-22-9-7-21(36)8-10-22/h3-17,36H,1-2H3,(H,33,37)(H,31,32,34,35). The number of halogens is 1. The predicted molar refractivity (Wildman–Crippen MR) is 155 cm³/mol. The first-order valence-corrected chi connectivity index (χ1v) is 13.5. The number of hydrogen-bond acceptors (Lipinski definition) is 7. The maximum atomic E-state index is 13.1. The van der Waals surface area contributed by atoms with Crippen LogP contribution in [0.4, 0.5) is 17.2 Å². The molecule has 38 heavy (non-hydrogen) atoms. The minimum Gasteiger partial charge on any atom is -0.508 e. The zero-order valence-electron chi connectivity index (χ0n) is 20.6. The van der Waals surface area contributed by atoms with Crippen molar-refractivity contribution in [3.05, 3.63) is 101 Å². The number of aromatic nitrogens is 3. The Kier molecular flexibility index (Phi) is 7.57. The molecule has 0 fully saturated rings. The number of aromatic hydroxyl groups is 1. The van der Waals surface area contributed by atoms with E-state index in [1.165, 1.54) is 18.1 Å². The van der Waals surface area contributed by atoms with Crippen molar-refractivity contribution < 1.29 is 9.90 Å². The highest BCUT2D eigenvalue weighted by Crippen LogP contribution is 2.37. The summed E-state index contributed by atoms with van der Waals surface area (Å²) in [5, 5.41) is 16.8. The van der Waals surface area contributed by atoms with Crippen molar-refractivity contribution in [3.8, 4) is 5.75 Å². The quantitative estimate of drug-likeness (QED) is 0.179. The lowest BCUT2D eigenvalue weighted by Gasteiger charge is -2.15. The number of anilines is 3. The summed E-state index contributed by atoms with van der Waals surface area (Å²) in [6.07, 6.45) is 1.48. The number of rotatable bonds is 7. The van der Waals surface area contributed by atoms with Crippen LogP contribution in [0.25, 0.3) is 11.0 Å². The van der Waals surface area contributed by atoms with Gasteiger partial charge in [-0.3, -0.25) is 4.79 Å². The lowest BCUT2D eigenvalue weighted by Crippen LogP contribution is -2.12. The van der Waals surface area contributed by atoms with E-state index in [-0.39, 0.29) is 17.6 Å². The van der Waals surface area contributed by atoms with E-state index in [4.69, 9.17) is 0 Å². The Bertz CT molecular complexity index is 1630. The molecule has 0 aliphatic rings. The van der Waals surface area contributed by atoms with Crippen molar-refractivity contribution in [2.24, 2.45) is 0 Å². The van der Waals surface area contributed by atoms with E-state index in [9.17, 15) is 9.90 Å². The monoisotopic (exact) mass is 585 g/mol. The van der Waals surface area contributed by atoms with Gasteiger partial charge in [-0.1, -0.05) is 47.6 Å². The highest BCUT2D eigenvalue weighted by molar-refractivity contribution is 9.10. The molecule has 0 aliphatic heterocycles. The number of nitrogens with zero attached hydrogens (tertiary/aromatic N) is 3. The number of phenolic OH excluding ortho intramolecular Hbond substituents is 1. The fraction of sp³-hybridized carbons (Fsp3) is 0.103. The van der Waals surface area contributed by atoms with Gasteiger partial charge >= 0.3 is 0 Å². The third kappa shape index (κ3) is 5.95. The molecule has 0 saturated heterocycles. The summed E-state index contributed by atoms with van der Waals surface area (Å²) in [5.74, 6) is 0.838. The summed E-state index contributed by atoms with van der Waals surface area (Å²) in [7, 11) is 0. The highest BCUT2D eigenvalue weighted by Gasteiger charge is 2.15. The first-order valence-electron chi connectivity index (χ1n) is 11.9. The Labute approximate surface area is 232 Å². The molecule has 7 nitrogen and oxygen atoms in total. The number of hydrogen-bond donors (Lipinski definition) is 3. The molecular formula is C29H24BrN5O2S. The van der Waals surface area contributed by atoms with Gasteiger partial charge in [0.05, 0.1) is 11.1 Å². The van der Waals surface area contributed by atoms with Crippen molar-refractivity contribution in [2.45, 2.75) is 29.6 Å². The van der Waals surface area contributed by atoms with Crippen LogP contribution in [0, 0.1) is 0 Å². The molecule has 9 heteroatoms. The molecule has 1 amide bonds. The molecule has 190 valence electrons. The van der Waals surface area contributed by atoms with E-state index in [1.54, 1.807) is 24.3 Å². The number of fused-ring (bicyclic) bond motifs is 1. The molecule has 0 saturated carbocycles. The Balaban J connectivity index is 1.52. The van der Waals surface area contributed by atoms with Crippen LogP contribution in [-0.4, -0.2) is 26.0 Å². The Morgan fingerprint density at radius 2 is 1.79 bits per heavy atom. The normalized spacial score (nSPS) is 11.1.